The lowest BCUT2D eigenvalue weighted by atomic mass is 10.2. The van der Waals surface area contributed by atoms with Crippen LogP contribution in [0.2, 0.25) is 0 Å². The molecule has 1 aliphatic rings. The molecule has 0 saturated carbocycles. The van der Waals surface area contributed by atoms with E-state index in [4.69, 9.17) is 5.73 Å². The van der Waals surface area contributed by atoms with Gasteiger partial charge >= 0.3 is 6.18 Å². The molecule has 0 unspecified atom stereocenters. The van der Waals surface area contributed by atoms with Crippen molar-refractivity contribution in [1.29, 1.82) is 0 Å². The largest absolute Gasteiger partial charge is 0.416 e. The molecule has 124 valence electrons. The van der Waals surface area contributed by atoms with E-state index in [2.05, 4.69) is 0 Å². The summed E-state index contributed by atoms with van der Waals surface area (Å²) < 4.78 is 62.8. The van der Waals surface area contributed by atoms with Gasteiger partial charge in [0.05, 0.1) is 10.5 Å². The van der Waals surface area contributed by atoms with Crippen LogP contribution in [0.5, 0.6) is 0 Å². The van der Waals surface area contributed by atoms with Crippen LogP contribution < -0.4 is 5.73 Å². The molecule has 1 aliphatic heterocycles. The van der Waals surface area contributed by atoms with Crippen molar-refractivity contribution >= 4 is 28.1 Å². The van der Waals surface area contributed by atoms with Gasteiger partial charge in [-0.25, -0.2) is 8.42 Å². The number of sulfonamides is 1. The molecule has 0 spiro atoms. The third-order valence-electron chi connectivity index (χ3n) is 2.98. The molecule has 1 fully saturated rings. The van der Waals surface area contributed by atoms with Gasteiger partial charge in [-0.2, -0.15) is 17.5 Å². The zero-order valence-corrected chi connectivity index (χ0v) is 12.4. The third kappa shape index (κ3) is 3.32. The van der Waals surface area contributed by atoms with Crippen molar-refractivity contribution in [3.63, 3.8) is 0 Å². The number of benzene rings is 1. The van der Waals surface area contributed by atoms with E-state index in [1.165, 1.54) is 0 Å². The molecule has 0 bridgehead atoms. The maximum Gasteiger partial charge on any atom is 0.416 e. The van der Waals surface area contributed by atoms with E-state index in [1.807, 2.05) is 0 Å². The van der Waals surface area contributed by atoms with Crippen molar-refractivity contribution in [3.8, 4) is 0 Å². The Kier molecular flexibility index (Phi) is 5.07. The Morgan fingerprint density at radius 1 is 1.32 bits per heavy atom. The highest BCUT2D eigenvalue weighted by Gasteiger charge is 2.40. The second-order valence-electron chi connectivity index (χ2n) is 4.52. The first-order chi connectivity index (χ1) is 9.53. The fourth-order valence-electron chi connectivity index (χ4n) is 1.86. The average molecular weight is 362 g/mol. The molecule has 12 heteroatoms. The number of nitrogens with two attached hydrogens (primary N) is 1. The molecule has 0 aliphatic carbocycles. The topological polar surface area (TPSA) is 107 Å². The van der Waals surface area contributed by atoms with Crippen molar-refractivity contribution in [2.75, 3.05) is 13.1 Å². The molecule has 22 heavy (non-hydrogen) atoms. The zero-order chi connectivity index (χ0) is 16.0. The predicted octanol–water partition coefficient (Wildman–Crippen LogP) is 1.37. The van der Waals surface area contributed by atoms with Gasteiger partial charge < -0.3 is 5.73 Å². The highest BCUT2D eigenvalue weighted by molar-refractivity contribution is 7.89. The number of rotatable bonds is 3. The number of hydrogen-bond donors (Lipinski definition) is 1. The molecule has 7 nitrogen and oxygen atoms in total. The Morgan fingerprint density at radius 3 is 2.27 bits per heavy atom. The average Bonchev–Trinajstić information content (AvgIpc) is 2.33. The first kappa shape index (κ1) is 18.6. The lowest BCUT2D eigenvalue weighted by Gasteiger charge is -2.35. The van der Waals surface area contributed by atoms with Crippen LogP contribution in [0.4, 0.5) is 18.9 Å². The molecular formula is C10H11ClF3N3O4S. The monoisotopic (exact) mass is 361 g/mol. The van der Waals surface area contributed by atoms with Gasteiger partial charge in [-0.15, -0.1) is 12.4 Å². The minimum atomic E-state index is -4.80. The summed E-state index contributed by atoms with van der Waals surface area (Å²) in [4.78, 5) is 8.95. The Hall–Kier alpha value is -1.43. The molecular weight excluding hydrogens is 351 g/mol. The summed E-state index contributed by atoms with van der Waals surface area (Å²) in [5, 5.41) is 10.9. The van der Waals surface area contributed by atoms with Crippen molar-refractivity contribution in [1.82, 2.24) is 4.31 Å². The van der Waals surface area contributed by atoms with Crippen molar-refractivity contribution in [2.45, 2.75) is 17.1 Å². The van der Waals surface area contributed by atoms with E-state index in [9.17, 15) is 31.7 Å². The Bertz CT molecular complexity index is 689. The minimum Gasteiger partial charge on any atom is -0.325 e. The second kappa shape index (κ2) is 5.99. The van der Waals surface area contributed by atoms with Crippen LogP contribution in [-0.2, 0) is 16.2 Å². The summed E-state index contributed by atoms with van der Waals surface area (Å²) in [6.45, 7) is -0.0545. The van der Waals surface area contributed by atoms with E-state index in [1.54, 1.807) is 0 Å². The van der Waals surface area contributed by atoms with Gasteiger partial charge in [-0.1, -0.05) is 0 Å². The summed E-state index contributed by atoms with van der Waals surface area (Å²) in [6, 6.07) is 0.931. The second-order valence-corrected chi connectivity index (χ2v) is 6.43. The maximum absolute atomic E-state index is 12.5. The van der Waals surface area contributed by atoms with Crippen molar-refractivity contribution in [2.24, 2.45) is 5.73 Å². The van der Waals surface area contributed by atoms with E-state index in [0.29, 0.717) is 12.1 Å². The number of hydrogen-bond acceptors (Lipinski definition) is 5. The third-order valence-corrected chi connectivity index (χ3v) is 4.86. The highest BCUT2D eigenvalue weighted by atomic mass is 35.5. The summed E-state index contributed by atoms with van der Waals surface area (Å²) in [7, 11) is -4.23. The van der Waals surface area contributed by atoms with Gasteiger partial charge in [0, 0.05) is 25.2 Å². The van der Waals surface area contributed by atoms with Crippen molar-refractivity contribution < 1.29 is 26.5 Å². The molecule has 0 atom stereocenters. The first-order valence-electron chi connectivity index (χ1n) is 5.65. The first-order valence-corrected chi connectivity index (χ1v) is 7.09. The summed E-state index contributed by atoms with van der Waals surface area (Å²) in [5.74, 6) is 0. The van der Waals surface area contributed by atoms with Crippen LogP contribution in [0, 0.1) is 10.1 Å². The van der Waals surface area contributed by atoms with Gasteiger partial charge in [-0.3, -0.25) is 10.1 Å². The summed E-state index contributed by atoms with van der Waals surface area (Å²) in [5.41, 5.74) is 3.04. The van der Waals surface area contributed by atoms with E-state index >= 15 is 0 Å². The van der Waals surface area contributed by atoms with Crippen LogP contribution in [0.25, 0.3) is 0 Å². The van der Waals surface area contributed by atoms with Gasteiger partial charge in [0.25, 0.3) is 5.69 Å². The number of halogens is 4. The fraction of sp³-hybridized carbons (Fsp3) is 0.400. The Balaban J connectivity index is 0.00000242. The Labute approximate surface area is 129 Å². The van der Waals surface area contributed by atoms with Crippen LogP contribution >= 0.6 is 12.4 Å². The highest BCUT2D eigenvalue weighted by Crippen LogP contribution is 2.36. The number of nitrogens with zero attached hydrogens (tertiary/aromatic N) is 2. The number of alkyl halides is 3. The maximum atomic E-state index is 12.5. The van der Waals surface area contributed by atoms with Crippen LogP contribution in [0.15, 0.2) is 23.1 Å². The summed E-state index contributed by atoms with van der Waals surface area (Å²) >= 11 is 0. The lowest BCUT2D eigenvalue weighted by Crippen LogP contribution is -2.57. The van der Waals surface area contributed by atoms with Gasteiger partial charge in [0.1, 0.15) is 0 Å². The van der Waals surface area contributed by atoms with Crippen LogP contribution in [0.1, 0.15) is 5.56 Å². The molecule has 1 aromatic rings. The lowest BCUT2D eigenvalue weighted by molar-refractivity contribution is -0.388. The number of nitro groups is 1. The normalized spacial score (nSPS) is 16.7. The predicted molar refractivity (Wildman–Crippen MR) is 72.1 cm³/mol. The smallest absolute Gasteiger partial charge is 0.325 e. The molecule has 2 rings (SSSR count). The minimum absolute atomic E-state index is 0. The SMILES string of the molecule is Cl.NC1CN(S(=O)(=O)c2ccc(C(F)(F)F)cc2[N+](=O)[O-])C1. The Morgan fingerprint density at radius 2 is 1.86 bits per heavy atom. The van der Waals surface area contributed by atoms with E-state index in [-0.39, 0.29) is 37.6 Å². The van der Waals surface area contributed by atoms with E-state index in [0.717, 1.165) is 4.31 Å². The van der Waals surface area contributed by atoms with Gasteiger partial charge in [-0.05, 0) is 12.1 Å². The number of nitro benzene ring substituents is 1. The molecule has 1 aromatic carbocycles. The molecule has 0 aromatic heterocycles. The fourth-order valence-corrected chi connectivity index (χ4v) is 3.55. The van der Waals surface area contributed by atoms with Gasteiger partial charge in [0.2, 0.25) is 10.0 Å². The van der Waals surface area contributed by atoms with Crippen LogP contribution in [0.3, 0.4) is 0 Å². The zero-order valence-electron chi connectivity index (χ0n) is 10.8. The standard InChI is InChI=1S/C10H10F3N3O4S.ClH/c11-10(12,13)6-1-2-9(8(3-6)16(17)18)21(19,20)15-4-7(14)5-15;/h1-3,7H,4-5,14H2;1H. The molecule has 1 saturated heterocycles. The molecule has 1 heterocycles. The molecule has 0 amide bonds. The van der Waals surface area contributed by atoms with Crippen molar-refractivity contribution in [3.05, 3.63) is 33.9 Å². The van der Waals surface area contributed by atoms with Crippen LogP contribution in [-0.4, -0.2) is 36.8 Å². The summed E-state index contributed by atoms with van der Waals surface area (Å²) in [6.07, 6.45) is -4.80. The van der Waals surface area contributed by atoms with E-state index < -0.39 is 37.3 Å². The quantitative estimate of drug-likeness (QED) is 0.646. The van der Waals surface area contributed by atoms with Gasteiger partial charge in [0.15, 0.2) is 4.90 Å². The molecule has 0 radical (unpaired) electrons. The molecule has 2 N–H and O–H groups in total.